The van der Waals surface area contributed by atoms with Gasteiger partial charge < -0.3 is 33.9 Å². The lowest BCUT2D eigenvalue weighted by Crippen LogP contribution is -2.49. The fraction of sp³-hybridized carbons (Fsp3) is 0.700. The Hall–Kier alpha value is -1.97. The molecule has 0 spiro atoms. The normalized spacial score (nSPS) is 25.2. The smallest absolute Gasteiger partial charge is 0.288 e. The third kappa shape index (κ3) is 8.02. The Kier molecular flexibility index (Phi) is 11.9. The van der Waals surface area contributed by atoms with Crippen LogP contribution in [-0.4, -0.2) is 99.0 Å². The summed E-state index contributed by atoms with van der Waals surface area (Å²) in [6.07, 6.45) is 8.20. The van der Waals surface area contributed by atoms with Gasteiger partial charge in [0.25, 0.3) is 5.91 Å². The van der Waals surface area contributed by atoms with Crippen LogP contribution < -0.4 is 0 Å². The van der Waals surface area contributed by atoms with Crippen LogP contribution in [0.5, 0.6) is 0 Å². The van der Waals surface area contributed by atoms with Crippen molar-refractivity contribution in [2.45, 2.75) is 63.7 Å². The van der Waals surface area contributed by atoms with Crippen LogP contribution in [-0.2, 0) is 23.7 Å². The Morgan fingerprint density at radius 1 is 0.974 bits per heavy atom. The van der Waals surface area contributed by atoms with Gasteiger partial charge in [-0.05, 0) is 63.8 Å². The molecule has 1 N–H and O–H groups in total. The molecule has 1 amide bonds. The highest BCUT2D eigenvalue weighted by Crippen LogP contribution is 2.39. The first-order chi connectivity index (χ1) is 18.7. The van der Waals surface area contributed by atoms with Crippen LogP contribution >= 0.6 is 0 Å². The van der Waals surface area contributed by atoms with E-state index in [1.54, 1.807) is 0 Å². The van der Waals surface area contributed by atoms with Crippen LogP contribution in [0, 0.1) is 5.92 Å². The van der Waals surface area contributed by atoms with Crippen LogP contribution in [0.3, 0.4) is 0 Å². The van der Waals surface area contributed by atoms with E-state index in [0.717, 1.165) is 37.9 Å². The van der Waals surface area contributed by atoms with Crippen molar-refractivity contribution >= 4 is 5.91 Å². The van der Waals surface area contributed by atoms with Crippen molar-refractivity contribution in [3.8, 4) is 0 Å². The first-order valence-corrected chi connectivity index (χ1v) is 14.6. The number of hydrogen-bond donors (Lipinski definition) is 1. The lowest BCUT2D eigenvalue weighted by molar-refractivity contribution is -0.172. The van der Waals surface area contributed by atoms with Crippen molar-refractivity contribution in [1.82, 2.24) is 9.80 Å². The van der Waals surface area contributed by atoms with Gasteiger partial charge in [0.1, 0.15) is 0 Å². The van der Waals surface area contributed by atoms with Crippen molar-refractivity contribution in [3.63, 3.8) is 0 Å². The highest BCUT2D eigenvalue weighted by Gasteiger charge is 2.39. The van der Waals surface area contributed by atoms with Crippen molar-refractivity contribution in [2.75, 3.05) is 65.8 Å². The molecule has 0 unspecified atom stereocenters. The molecule has 38 heavy (non-hydrogen) atoms. The predicted octanol–water partition coefficient (Wildman–Crippen LogP) is 3.56. The zero-order valence-electron chi connectivity index (χ0n) is 23.0. The number of likely N-dealkylation sites (tertiary alicyclic amines) is 2. The van der Waals surface area contributed by atoms with Gasteiger partial charge in [-0.25, -0.2) is 0 Å². The summed E-state index contributed by atoms with van der Waals surface area (Å²) in [5.74, 6) is 0.379. The second-order valence-corrected chi connectivity index (χ2v) is 10.4. The number of amides is 1. The third-order valence-electron chi connectivity index (χ3n) is 7.97. The Bertz CT molecular complexity index is 852. The van der Waals surface area contributed by atoms with E-state index in [-0.39, 0.29) is 24.3 Å². The van der Waals surface area contributed by atoms with Crippen LogP contribution in [0.25, 0.3) is 0 Å². The number of piperidine rings is 2. The molecular formula is C30H46N2O6. The highest BCUT2D eigenvalue weighted by molar-refractivity contribution is 5.92. The van der Waals surface area contributed by atoms with Gasteiger partial charge in [-0.2, -0.15) is 0 Å². The van der Waals surface area contributed by atoms with E-state index in [1.807, 2.05) is 36.1 Å². The maximum Gasteiger partial charge on any atom is 0.288 e. The van der Waals surface area contributed by atoms with Gasteiger partial charge in [0.2, 0.25) is 6.29 Å². The topological polar surface area (TPSA) is 80.7 Å². The standard InChI is InChI=1S/C30H46N2O6/c1-2-37-30-26(13-19-35-21-22-36-20-18-33)27(24-9-5-3-6-10-24)23-28(38-30)29(34)32-16-11-25(12-17-32)31-14-7-4-8-15-31/h3,5-6,9-10,23,25-27,30,33H,2,4,7-8,11-22H2,1H3/t26-,27-,30-/m0/s1. The molecule has 8 nitrogen and oxygen atoms in total. The van der Waals surface area contributed by atoms with Crippen LogP contribution in [0.1, 0.15) is 56.9 Å². The number of aliphatic hydroxyl groups excluding tert-OH is 1. The van der Waals surface area contributed by atoms with E-state index in [2.05, 4.69) is 17.0 Å². The van der Waals surface area contributed by atoms with Gasteiger partial charge in [-0.3, -0.25) is 4.79 Å². The fourth-order valence-corrected chi connectivity index (χ4v) is 5.97. The Labute approximate surface area is 227 Å². The van der Waals surface area contributed by atoms with Gasteiger partial charge in [0.05, 0.1) is 26.4 Å². The van der Waals surface area contributed by atoms with E-state index >= 15 is 0 Å². The number of ether oxygens (including phenoxy) is 4. The summed E-state index contributed by atoms with van der Waals surface area (Å²) in [7, 11) is 0. The van der Waals surface area contributed by atoms with Crippen LogP contribution in [0.4, 0.5) is 0 Å². The van der Waals surface area contributed by atoms with E-state index in [4.69, 9.17) is 24.1 Å². The monoisotopic (exact) mass is 530 g/mol. The Morgan fingerprint density at radius 3 is 2.37 bits per heavy atom. The maximum absolute atomic E-state index is 13.7. The van der Waals surface area contributed by atoms with Crippen LogP contribution in [0.2, 0.25) is 0 Å². The number of benzene rings is 1. The largest absolute Gasteiger partial charge is 0.459 e. The van der Waals surface area contributed by atoms with Crippen LogP contribution in [0.15, 0.2) is 42.2 Å². The van der Waals surface area contributed by atoms with E-state index in [0.29, 0.717) is 44.8 Å². The third-order valence-corrected chi connectivity index (χ3v) is 7.97. The number of hydrogen-bond acceptors (Lipinski definition) is 7. The fourth-order valence-electron chi connectivity index (χ4n) is 5.97. The summed E-state index contributed by atoms with van der Waals surface area (Å²) in [5, 5.41) is 8.84. The van der Waals surface area contributed by atoms with Gasteiger partial charge in [-0.15, -0.1) is 0 Å². The van der Waals surface area contributed by atoms with Crippen molar-refractivity contribution in [3.05, 3.63) is 47.7 Å². The molecule has 1 aromatic rings. The number of carbonyl (C=O) groups is 1. The molecule has 4 rings (SSSR count). The summed E-state index contributed by atoms with van der Waals surface area (Å²) >= 11 is 0. The summed E-state index contributed by atoms with van der Waals surface area (Å²) in [4.78, 5) is 18.3. The first kappa shape index (κ1) is 29.0. The number of nitrogens with zero attached hydrogens (tertiary/aromatic N) is 2. The SMILES string of the molecule is CCO[C@H]1OC(C(=O)N2CCC(N3CCCCC3)CC2)=C[C@@H](c2ccccc2)[C@@H]1CCOCCOCCO. The zero-order chi connectivity index (χ0) is 26.6. The second-order valence-electron chi connectivity index (χ2n) is 10.4. The lowest BCUT2D eigenvalue weighted by Gasteiger charge is -2.41. The molecule has 8 heteroatoms. The minimum absolute atomic E-state index is 0.0112. The molecule has 0 aromatic heterocycles. The van der Waals surface area contributed by atoms with E-state index in [1.165, 1.54) is 32.4 Å². The van der Waals surface area contributed by atoms with Gasteiger partial charge in [-0.1, -0.05) is 36.8 Å². The minimum atomic E-state index is -0.519. The zero-order valence-corrected chi connectivity index (χ0v) is 23.0. The Balaban J connectivity index is 1.42. The molecular weight excluding hydrogens is 484 g/mol. The minimum Gasteiger partial charge on any atom is -0.459 e. The average molecular weight is 531 g/mol. The molecule has 3 atom stereocenters. The molecule has 2 saturated heterocycles. The molecule has 0 saturated carbocycles. The van der Waals surface area contributed by atoms with E-state index < -0.39 is 6.29 Å². The highest BCUT2D eigenvalue weighted by atomic mass is 16.7. The molecule has 212 valence electrons. The summed E-state index contributed by atoms with van der Waals surface area (Å²) in [6, 6.07) is 10.9. The number of carbonyl (C=O) groups excluding carboxylic acids is 1. The van der Waals surface area contributed by atoms with E-state index in [9.17, 15) is 4.79 Å². The molecule has 2 fully saturated rings. The lowest BCUT2D eigenvalue weighted by atomic mass is 9.81. The second kappa shape index (κ2) is 15.6. The molecule has 0 aliphatic carbocycles. The molecule has 1 aromatic carbocycles. The summed E-state index contributed by atoms with van der Waals surface area (Å²) < 4.78 is 23.5. The first-order valence-electron chi connectivity index (χ1n) is 14.6. The maximum atomic E-state index is 13.7. The predicted molar refractivity (Wildman–Crippen MR) is 146 cm³/mol. The molecule has 3 aliphatic rings. The van der Waals surface area contributed by atoms with Crippen molar-refractivity contribution in [1.29, 1.82) is 0 Å². The summed E-state index contributed by atoms with van der Waals surface area (Å²) in [6.45, 7) is 8.17. The molecule has 3 aliphatic heterocycles. The number of aliphatic hydroxyl groups is 1. The molecule has 0 radical (unpaired) electrons. The van der Waals surface area contributed by atoms with Crippen molar-refractivity contribution < 1.29 is 28.8 Å². The quantitative estimate of drug-likeness (QED) is 0.391. The van der Waals surface area contributed by atoms with Gasteiger partial charge >= 0.3 is 0 Å². The van der Waals surface area contributed by atoms with Gasteiger partial charge in [0, 0.05) is 44.2 Å². The van der Waals surface area contributed by atoms with Crippen molar-refractivity contribution in [2.24, 2.45) is 5.92 Å². The number of allylic oxidation sites excluding steroid dienone is 1. The summed E-state index contributed by atoms with van der Waals surface area (Å²) in [5.41, 5.74) is 1.14. The Morgan fingerprint density at radius 2 is 1.68 bits per heavy atom. The molecule has 3 heterocycles. The number of rotatable bonds is 13. The van der Waals surface area contributed by atoms with Gasteiger partial charge in [0.15, 0.2) is 5.76 Å². The average Bonchev–Trinajstić information content (AvgIpc) is 2.98. The molecule has 0 bridgehead atoms.